The average molecular weight is 235 g/mol. The van der Waals surface area contributed by atoms with Crippen molar-refractivity contribution in [2.24, 2.45) is 0 Å². The van der Waals surface area contributed by atoms with E-state index in [1.807, 2.05) is 0 Å². The summed E-state index contributed by atoms with van der Waals surface area (Å²) in [7, 11) is 0. The van der Waals surface area contributed by atoms with Gasteiger partial charge in [-0.15, -0.1) is 11.3 Å². The number of fused-ring (bicyclic) bond motifs is 3. The Morgan fingerprint density at radius 3 is 3.00 bits per heavy atom. The minimum atomic E-state index is -1.17. The number of rotatable bonds is 1. The molecule has 0 saturated heterocycles. The molecule has 2 aromatic heterocycles. The zero-order chi connectivity index (χ0) is 11.3. The molecule has 0 aliphatic heterocycles. The topological polar surface area (TPSA) is 70.2 Å². The summed E-state index contributed by atoms with van der Waals surface area (Å²) in [6.07, 6.45) is 4.25. The van der Waals surface area contributed by atoms with Gasteiger partial charge in [0.25, 0.3) is 0 Å². The highest BCUT2D eigenvalue weighted by atomic mass is 32.1. The molecule has 2 N–H and O–H groups in total. The monoisotopic (exact) mass is 235 g/mol. The molecule has 0 fully saturated rings. The van der Waals surface area contributed by atoms with Crippen molar-refractivity contribution in [3.05, 3.63) is 32.4 Å². The van der Waals surface area contributed by atoms with E-state index in [0.29, 0.717) is 5.39 Å². The first-order valence-electron chi connectivity index (χ1n) is 5.07. The molecule has 0 bridgehead atoms. The van der Waals surface area contributed by atoms with Crippen LogP contribution in [0.15, 0.2) is 11.0 Å². The van der Waals surface area contributed by atoms with Crippen molar-refractivity contribution in [3.63, 3.8) is 0 Å². The summed E-state index contributed by atoms with van der Waals surface area (Å²) >= 11 is 1.57. The van der Waals surface area contributed by atoms with E-state index in [2.05, 4.69) is 4.98 Å². The van der Waals surface area contributed by atoms with Gasteiger partial charge in [0.05, 0.1) is 5.39 Å². The van der Waals surface area contributed by atoms with E-state index >= 15 is 0 Å². The largest absolute Gasteiger partial charge is 0.477 e. The smallest absolute Gasteiger partial charge is 0.341 e. The van der Waals surface area contributed by atoms with Gasteiger partial charge in [0.2, 0.25) is 5.43 Å². The number of aryl methyl sites for hydroxylation is 2. The van der Waals surface area contributed by atoms with Gasteiger partial charge in [-0.25, -0.2) is 4.79 Å². The lowest BCUT2D eigenvalue weighted by atomic mass is 10.1. The SMILES string of the molecule is O=C(O)c1c[nH]c2sc3c(c2c1=O)CCC3. The fourth-order valence-corrected chi connectivity index (χ4v) is 3.50. The van der Waals surface area contributed by atoms with Crippen LogP contribution in [0.25, 0.3) is 10.2 Å². The Balaban J connectivity index is 2.43. The highest BCUT2D eigenvalue weighted by Gasteiger charge is 2.22. The Bertz CT molecular complexity index is 653. The minimum Gasteiger partial charge on any atom is -0.477 e. The number of aromatic amines is 1. The fraction of sp³-hybridized carbons (Fsp3) is 0.273. The highest BCUT2D eigenvalue weighted by molar-refractivity contribution is 7.18. The predicted octanol–water partition coefficient (Wildman–Crippen LogP) is 1.78. The first-order chi connectivity index (χ1) is 7.68. The lowest BCUT2D eigenvalue weighted by Crippen LogP contribution is -2.15. The molecule has 3 rings (SSSR count). The van der Waals surface area contributed by atoms with Crippen molar-refractivity contribution in [2.45, 2.75) is 19.3 Å². The van der Waals surface area contributed by atoms with Crippen LogP contribution in [-0.4, -0.2) is 16.1 Å². The number of carboxylic acid groups (broad SMARTS) is 1. The molecule has 1 aliphatic rings. The van der Waals surface area contributed by atoms with E-state index < -0.39 is 5.97 Å². The molecule has 2 aromatic rings. The second-order valence-corrected chi connectivity index (χ2v) is 5.00. The fourth-order valence-electron chi connectivity index (χ4n) is 2.24. The van der Waals surface area contributed by atoms with E-state index in [4.69, 9.17) is 5.11 Å². The molecule has 1 aliphatic carbocycles. The summed E-state index contributed by atoms with van der Waals surface area (Å²) in [5, 5.41) is 9.49. The maximum absolute atomic E-state index is 12.0. The first-order valence-corrected chi connectivity index (χ1v) is 5.89. The number of thiophene rings is 1. The zero-order valence-electron chi connectivity index (χ0n) is 8.37. The summed E-state index contributed by atoms with van der Waals surface area (Å²) < 4.78 is 0. The maximum Gasteiger partial charge on any atom is 0.341 e. The molecule has 0 unspecified atom stereocenters. The number of aromatic nitrogens is 1. The van der Waals surface area contributed by atoms with E-state index in [1.54, 1.807) is 11.3 Å². The van der Waals surface area contributed by atoms with Crippen LogP contribution in [0.1, 0.15) is 27.2 Å². The number of hydrogen-bond acceptors (Lipinski definition) is 3. The van der Waals surface area contributed by atoms with E-state index in [0.717, 1.165) is 29.7 Å². The number of nitrogens with one attached hydrogen (secondary N) is 1. The van der Waals surface area contributed by atoms with Crippen LogP contribution < -0.4 is 5.43 Å². The number of pyridine rings is 1. The van der Waals surface area contributed by atoms with Gasteiger partial charge in [0.15, 0.2) is 0 Å². The molecule has 0 radical (unpaired) electrons. The van der Waals surface area contributed by atoms with Crippen molar-refractivity contribution in [1.29, 1.82) is 0 Å². The molecule has 82 valence electrons. The second-order valence-electron chi connectivity index (χ2n) is 3.90. The Kier molecular flexibility index (Phi) is 1.91. The zero-order valence-corrected chi connectivity index (χ0v) is 9.19. The molecular formula is C11H9NO3S. The third-order valence-electron chi connectivity index (χ3n) is 2.97. The van der Waals surface area contributed by atoms with Crippen LogP contribution in [0, 0.1) is 0 Å². The molecule has 16 heavy (non-hydrogen) atoms. The van der Waals surface area contributed by atoms with Gasteiger partial charge in [-0.1, -0.05) is 0 Å². The third-order valence-corrected chi connectivity index (χ3v) is 4.19. The van der Waals surface area contributed by atoms with Gasteiger partial charge in [-0.3, -0.25) is 4.79 Å². The Morgan fingerprint density at radius 1 is 1.44 bits per heavy atom. The van der Waals surface area contributed by atoms with Crippen LogP contribution >= 0.6 is 11.3 Å². The van der Waals surface area contributed by atoms with Gasteiger partial charge < -0.3 is 10.1 Å². The highest BCUT2D eigenvalue weighted by Crippen LogP contribution is 2.34. The molecular weight excluding hydrogens is 226 g/mol. The molecule has 2 heterocycles. The summed E-state index contributed by atoms with van der Waals surface area (Å²) in [5.41, 5.74) is 0.546. The van der Waals surface area contributed by atoms with Gasteiger partial charge in [-0.05, 0) is 24.8 Å². The number of carboxylic acids is 1. The van der Waals surface area contributed by atoms with Crippen LogP contribution in [0.5, 0.6) is 0 Å². The van der Waals surface area contributed by atoms with Gasteiger partial charge in [0.1, 0.15) is 10.4 Å². The summed E-state index contributed by atoms with van der Waals surface area (Å²) in [6, 6.07) is 0. The van der Waals surface area contributed by atoms with E-state index in [1.165, 1.54) is 11.1 Å². The standard InChI is InChI=1S/C11H9NO3S/c13-9-6(11(14)15)4-12-10-8(9)5-2-1-3-7(5)16-10/h4H,1-3H2,(H,12,13)(H,14,15). The molecule has 0 aromatic carbocycles. The number of H-pyrrole nitrogens is 1. The van der Waals surface area contributed by atoms with Crippen molar-refractivity contribution >= 4 is 27.5 Å². The van der Waals surface area contributed by atoms with Gasteiger partial charge in [0, 0.05) is 11.1 Å². The second kappa shape index (κ2) is 3.18. The third kappa shape index (κ3) is 1.15. The quantitative estimate of drug-likeness (QED) is 0.791. The predicted molar refractivity (Wildman–Crippen MR) is 61.4 cm³/mol. The Morgan fingerprint density at radius 2 is 2.25 bits per heavy atom. The van der Waals surface area contributed by atoms with Crippen molar-refractivity contribution in [1.82, 2.24) is 4.98 Å². The molecule has 0 atom stereocenters. The maximum atomic E-state index is 12.0. The van der Waals surface area contributed by atoms with Crippen LogP contribution in [0.2, 0.25) is 0 Å². The van der Waals surface area contributed by atoms with E-state index in [9.17, 15) is 9.59 Å². The Labute approximate surface area is 94.5 Å². The van der Waals surface area contributed by atoms with Crippen molar-refractivity contribution < 1.29 is 9.90 Å². The summed E-state index contributed by atoms with van der Waals surface area (Å²) in [6.45, 7) is 0. The van der Waals surface area contributed by atoms with Crippen molar-refractivity contribution in [3.8, 4) is 0 Å². The normalized spacial score (nSPS) is 14.2. The van der Waals surface area contributed by atoms with Crippen LogP contribution in [-0.2, 0) is 12.8 Å². The lowest BCUT2D eigenvalue weighted by molar-refractivity contribution is 0.0695. The molecule has 0 saturated carbocycles. The van der Waals surface area contributed by atoms with Crippen LogP contribution in [0.4, 0.5) is 0 Å². The number of aromatic carboxylic acids is 1. The minimum absolute atomic E-state index is 0.167. The van der Waals surface area contributed by atoms with Gasteiger partial charge >= 0.3 is 5.97 Å². The summed E-state index contributed by atoms with van der Waals surface area (Å²) in [4.78, 5) is 27.8. The van der Waals surface area contributed by atoms with Gasteiger partial charge in [-0.2, -0.15) is 0 Å². The van der Waals surface area contributed by atoms with E-state index in [-0.39, 0.29) is 11.0 Å². The molecule has 0 amide bonds. The Hall–Kier alpha value is -1.62. The molecule has 5 heteroatoms. The van der Waals surface area contributed by atoms with Crippen LogP contribution in [0.3, 0.4) is 0 Å². The molecule has 4 nitrogen and oxygen atoms in total. The van der Waals surface area contributed by atoms with Crippen molar-refractivity contribution in [2.75, 3.05) is 0 Å². The first kappa shape index (κ1) is 9.59. The number of hydrogen-bond donors (Lipinski definition) is 2. The average Bonchev–Trinajstić information content (AvgIpc) is 2.75. The summed E-state index contributed by atoms with van der Waals surface area (Å²) in [5.74, 6) is -1.17. The lowest BCUT2D eigenvalue weighted by Gasteiger charge is -1.96. The molecule has 0 spiro atoms. The number of carbonyl (C=O) groups is 1.